The Labute approximate surface area is 105 Å². The van der Waals surface area contributed by atoms with Crippen molar-refractivity contribution in [1.82, 2.24) is 4.90 Å². The maximum Gasteiger partial charge on any atom is 0.355 e. The first-order chi connectivity index (χ1) is 8.40. The lowest BCUT2D eigenvalue weighted by Crippen LogP contribution is -2.60. The number of ether oxygens (including phenoxy) is 1. The second kappa shape index (κ2) is 3.57. The number of carbonyl (C=O) groups excluding carboxylic acids is 2. The molecule has 0 bridgehead atoms. The zero-order valence-corrected chi connectivity index (χ0v) is 10.7. The lowest BCUT2D eigenvalue weighted by atomic mass is 10.1. The minimum absolute atomic E-state index is 0.0319. The number of carbonyl (C=O) groups is 2. The number of sulfone groups is 1. The van der Waals surface area contributed by atoms with Gasteiger partial charge in [0.15, 0.2) is 9.84 Å². The average Bonchev–Trinajstić information content (AvgIpc) is 3.03. The van der Waals surface area contributed by atoms with Crippen LogP contribution in [-0.4, -0.2) is 42.4 Å². The highest BCUT2D eigenvalue weighted by molar-refractivity contribution is 7.92. The molecule has 0 spiro atoms. The molecule has 1 aliphatic carbocycles. The smallest absolute Gasteiger partial charge is 0.355 e. The number of esters is 1. The third-order valence-electron chi connectivity index (χ3n) is 3.37. The van der Waals surface area contributed by atoms with Crippen LogP contribution in [0.25, 0.3) is 0 Å². The molecule has 2 heterocycles. The summed E-state index contributed by atoms with van der Waals surface area (Å²) in [5, 5.41) is -0.865. The third-order valence-corrected chi connectivity index (χ3v) is 5.42. The molecule has 2 fully saturated rings. The van der Waals surface area contributed by atoms with Crippen molar-refractivity contribution in [3.05, 3.63) is 11.3 Å². The number of hydrogen-bond donors (Lipinski definition) is 0. The van der Waals surface area contributed by atoms with Gasteiger partial charge in [-0.1, -0.05) is 0 Å². The van der Waals surface area contributed by atoms with E-state index < -0.39 is 21.2 Å². The van der Waals surface area contributed by atoms with Crippen LogP contribution in [0.15, 0.2) is 11.3 Å². The minimum atomic E-state index is -3.35. The van der Waals surface area contributed by atoms with E-state index in [-0.39, 0.29) is 29.9 Å². The van der Waals surface area contributed by atoms with Crippen molar-refractivity contribution in [3.63, 3.8) is 0 Å². The lowest BCUT2D eigenvalue weighted by molar-refractivity contribution is -0.150. The Morgan fingerprint density at radius 3 is 2.61 bits per heavy atom. The fraction of sp³-hybridized carbons (Fsp3) is 0.636. The average molecular weight is 271 g/mol. The van der Waals surface area contributed by atoms with Crippen LogP contribution in [0.2, 0.25) is 0 Å². The summed E-state index contributed by atoms with van der Waals surface area (Å²) in [6.07, 6.45) is 1.59. The zero-order chi connectivity index (χ0) is 13.1. The molecule has 0 aromatic heterocycles. The maximum absolute atomic E-state index is 11.9. The van der Waals surface area contributed by atoms with E-state index in [4.69, 9.17) is 4.74 Å². The summed E-state index contributed by atoms with van der Waals surface area (Å²) in [5.41, 5.74) is 0.530. The van der Waals surface area contributed by atoms with Crippen molar-refractivity contribution in [3.8, 4) is 0 Å². The summed E-state index contributed by atoms with van der Waals surface area (Å²) in [4.78, 5) is 24.6. The molecule has 1 amide bonds. The van der Waals surface area contributed by atoms with E-state index in [9.17, 15) is 18.0 Å². The molecule has 0 aromatic rings. The van der Waals surface area contributed by atoms with Crippen molar-refractivity contribution in [2.75, 3.05) is 5.75 Å². The number of hydrogen-bond acceptors (Lipinski definition) is 5. The van der Waals surface area contributed by atoms with E-state index in [1.807, 2.05) is 0 Å². The highest BCUT2D eigenvalue weighted by Gasteiger charge is 2.52. The topological polar surface area (TPSA) is 80.8 Å². The number of rotatable bonds is 2. The number of β-lactam (4-membered cyclic amide) rings is 1. The van der Waals surface area contributed by atoms with Crippen molar-refractivity contribution < 1.29 is 22.7 Å². The Bertz CT molecular complexity index is 572. The number of nitrogens with zero attached hydrogens (tertiary/aromatic N) is 1. The van der Waals surface area contributed by atoms with E-state index in [0.29, 0.717) is 5.57 Å². The van der Waals surface area contributed by atoms with Crippen LogP contribution in [0.4, 0.5) is 0 Å². The van der Waals surface area contributed by atoms with E-state index >= 15 is 0 Å². The summed E-state index contributed by atoms with van der Waals surface area (Å²) < 4.78 is 28.8. The van der Waals surface area contributed by atoms with Crippen LogP contribution in [-0.2, 0) is 24.2 Å². The molecule has 0 N–H and O–H groups in total. The molecule has 98 valence electrons. The lowest BCUT2D eigenvalue weighted by Gasteiger charge is -2.43. The molecule has 18 heavy (non-hydrogen) atoms. The molecule has 3 rings (SSSR count). The monoisotopic (exact) mass is 271 g/mol. The van der Waals surface area contributed by atoms with Gasteiger partial charge in [0.25, 0.3) is 0 Å². The summed E-state index contributed by atoms with van der Waals surface area (Å²) in [6, 6.07) is 0. The number of fused-ring (bicyclic) bond motifs is 1. The van der Waals surface area contributed by atoms with Crippen molar-refractivity contribution in [2.24, 2.45) is 0 Å². The Kier molecular flexibility index (Phi) is 2.32. The summed E-state index contributed by atoms with van der Waals surface area (Å²) in [7, 11) is -3.35. The predicted octanol–water partition coefficient (Wildman–Crippen LogP) is -0.0472. The Balaban J connectivity index is 1.95. The van der Waals surface area contributed by atoms with Gasteiger partial charge in [-0.3, -0.25) is 9.69 Å². The van der Waals surface area contributed by atoms with Gasteiger partial charge in [-0.05, 0) is 25.3 Å². The molecule has 0 aromatic carbocycles. The van der Waals surface area contributed by atoms with E-state index in [1.165, 1.54) is 0 Å². The predicted molar refractivity (Wildman–Crippen MR) is 60.9 cm³/mol. The Hall–Kier alpha value is -1.37. The van der Waals surface area contributed by atoms with E-state index in [2.05, 4.69) is 0 Å². The van der Waals surface area contributed by atoms with Crippen molar-refractivity contribution in [2.45, 2.75) is 37.7 Å². The molecule has 1 saturated heterocycles. The van der Waals surface area contributed by atoms with Crippen LogP contribution in [0.1, 0.15) is 26.2 Å². The first-order valence-electron chi connectivity index (χ1n) is 5.84. The second-order valence-electron chi connectivity index (χ2n) is 4.96. The van der Waals surface area contributed by atoms with Crippen LogP contribution >= 0.6 is 0 Å². The van der Waals surface area contributed by atoms with Gasteiger partial charge in [0.1, 0.15) is 17.2 Å². The quantitative estimate of drug-likeness (QED) is 0.519. The van der Waals surface area contributed by atoms with Crippen LogP contribution in [0.3, 0.4) is 0 Å². The van der Waals surface area contributed by atoms with Gasteiger partial charge in [0.05, 0.1) is 12.2 Å². The van der Waals surface area contributed by atoms with Gasteiger partial charge in [-0.2, -0.15) is 0 Å². The Morgan fingerprint density at radius 1 is 1.39 bits per heavy atom. The van der Waals surface area contributed by atoms with E-state index in [0.717, 1.165) is 17.7 Å². The summed E-state index contributed by atoms with van der Waals surface area (Å²) in [5.74, 6) is -1.07. The first-order valence-corrected chi connectivity index (χ1v) is 7.56. The molecule has 1 saturated carbocycles. The molecule has 0 radical (unpaired) electrons. The molecule has 0 unspecified atom stereocenters. The molecule has 3 aliphatic rings. The van der Waals surface area contributed by atoms with Gasteiger partial charge in [0.2, 0.25) is 5.91 Å². The van der Waals surface area contributed by atoms with Gasteiger partial charge >= 0.3 is 5.97 Å². The molecule has 6 nitrogen and oxygen atoms in total. The van der Waals surface area contributed by atoms with Gasteiger partial charge in [-0.25, -0.2) is 13.2 Å². The van der Waals surface area contributed by atoms with E-state index in [1.54, 1.807) is 6.92 Å². The Morgan fingerprint density at radius 2 is 2.06 bits per heavy atom. The molecular weight excluding hydrogens is 258 g/mol. The van der Waals surface area contributed by atoms with Crippen molar-refractivity contribution >= 4 is 21.7 Å². The first kappa shape index (κ1) is 11.7. The van der Waals surface area contributed by atoms with Crippen LogP contribution in [0, 0.1) is 0 Å². The molecule has 1 atom stereocenters. The van der Waals surface area contributed by atoms with Gasteiger partial charge in [-0.15, -0.1) is 0 Å². The summed E-state index contributed by atoms with van der Waals surface area (Å²) >= 11 is 0. The highest BCUT2D eigenvalue weighted by atomic mass is 32.2. The zero-order valence-electron chi connectivity index (χ0n) is 9.88. The highest BCUT2D eigenvalue weighted by Crippen LogP contribution is 2.37. The SMILES string of the molecule is CC1=C(C(=O)OC2CC2)N2C(=O)C[C@@H]2S(=O)(=O)C1. The largest absolute Gasteiger partial charge is 0.458 e. The standard InChI is InChI=1S/C11H13NO5S/c1-6-5-18(15,16)9-4-8(13)12(9)10(6)11(14)17-7-2-3-7/h7,9H,2-5H2,1H3/t9-/m0/s1. The normalized spacial score (nSPS) is 29.7. The van der Waals surface area contributed by atoms with Crippen LogP contribution < -0.4 is 0 Å². The molecule has 7 heteroatoms. The fourth-order valence-electron chi connectivity index (χ4n) is 2.28. The number of amides is 1. The fourth-order valence-corrected chi connectivity index (χ4v) is 4.15. The second-order valence-corrected chi connectivity index (χ2v) is 7.12. The maximum atomic E-state index is 11.9. The van der Waals surface area contributed by atoms with Gasteiger partial charge in [0, 0.05) is 0 Å². The molecule has 2 aliphatic heterocycles. The summed E-state index contributed by atoms with van der Waals surface area (Å²) in [6.45, 7) is 1.56. The van der Waals surface area contributed by atoms with Gasteiger partial charge < -0.3 is 4.74 Å². The molecular formula is C11H13NO5S. The minimum Gasteiger partial charge on any atom is -0.458 e. The third kappa shape index (κ3) is 1.65. The van der Waals surface area contributed by atoms with Crippen LogP contribution in [0.5, 0.6) is 0 Å². The van der Waals surface area contributed by atoms with Crippen molar-refractivity contribution in [1.29, 1.82) is 0 Å².